The van der Waals surface area contributed by atoms with E-state index in [1.165, 1.54) is 18.3 Å². The zero-order chi connectivity index (χ0) is 17.5. The van der Waals surface area contributed by atoms with Crippen LogP contribution in [0.2, 0.25) is 0 Å². The van der Waals surface area contributed by atoms with Crippen LogP contribution in [0, 0.1) is 17.0 Å². The maximum atomic E-state index is 12.0. The number of nitrogens with zero attached hydrogens (tertiary/aromatic N) is 2. The minimum absolute atomic E-state index is 0.00663. The fraction of sp³-hybridized carbons (Fsp3) is 0.176. The molecule has 0 aromatic heterocycles. The van der Waals surface area contributed by atoms with E-state index in [9.17, 15) is 14.9 Å². The average molecular weight is 326 g/mol. The van der Waals surface area contributed by atoms with Crippen LogP contribution in [0.1, 0.15) is 18.1 Å². The molecule has 0 saturated carbocycles. The number of carbonyl (C=O) groups is 1. The number of nitrogens with one attached hydrogen (secondary N) is 2. The highest BCUT2D eigenvalue weighted by molar-refractivity contribution is 5.86. The van der Waals surface area contributed by atoms with E-state index >= 15 is 0 Å². The normalized spacial score (nSPS) is 11.9. The Morgan fingerprint density at radius 2 is 1.96 bits per heavy atom. The summed E-state index contributed by atoms with van der Waals surface area (Å²) in [5.74, 6) is -0.283. The van der Waals surface area contributed by atoms with Gasteiger partial charge >= 0.3 is 0 Å². The summed E-state index contributed by atoms with van der Waals surface area (Å²) < 4.78 is 0. The first kappa shape index (κ1) is 17.1. The minimum Gasteiger partial charge on any atom is -0.374 e. The van der Waals surface area contributed by atoms with Crippen molar-refractivity contribution in [3.8, 4) is 0 Å². The van der Waals surface area contributed by atoms with Gasteiger partial charge in [-0.3, -0.25) is 14.9 Å². The minimum atomic E-state index is -0.471. The molecule has 0 aliphatic carbocycles. The first-order valence-corrected chi connectivity index (χ1v) is 7.36. The van der Waals surface area contributed by atoms with Crippen LogP contribution in [-0.2, 0) is 4.79 Å². The summed E-state index contributed by atoms with van der Waals surface area (Å²) in [5, 5.41) is 17.5. The molecule has 1 amide bonds. The molecule has 1 unspecified atom stereocenters. The summed E-state index contributed by atoms with van der Waals surface area (Å²) in [6.45, 7) is 3.71. The Bertz CT molecular complexity index is 757. The van der Waals surface area contributed by atoms with Crippen molar-refractivity contribution in [2.24, 2.45) is 5.10 Å². The maximum Gasteiger partial charge on any atom is 0.269 e. The van der Waals surface area contributed by atoms with Crippen molar-refractivity contribution < 1.29 is 9.72 Å². The molecule has 0 bridgehead atoms. The van der Waals surface area contributed by atoms with E-state index in [0.29, 0.717) is 5.56 Å². The number of aryl methyl sites for hydroxylation is 1. The highest BCUT2D eigenvalue weighted by atomic mass is 16.6. The number of amides is 1. The van der Waals surface area contributed by atoms with Gasteiger partial charge in [0.2, 0.25) is 0 Å². The van der Waals surface area contributed by atoms with Crippen molar-refractivity contribution >= 4 is 23.5 Å². The zero-order valence-corrected chi connectivity index (χ0v) is 13.4. The SMILES string of the molecule is Cc1cccc(NC(C)C(=O)N/N=C/c2ccc([N+](=O)[O-])cc2)c1. The lowest BCUT2D eigenvalue weighted by molar-refractivity contribution is -0.384. The van der Waals surface area contributed by atoms with Gasteiger partial charge in [0, 0.05) is 17.8 Å². The number of non-ortho nitro benzene ring substituents is 1. The van der Waals surface area contributed by atoms with Crippen molar-refractivity contribution in [2.45, 2.75) is 19.9 Å². The van der Waals surface area contributed by atoms with Crippen LogP contribution in [0.5, 0.6) is 0 Å². The van der Waals surface area contributed by atoms with Crippen molar-refractivity contribution in [2.75, 3.05) is 5.32 Å². The number of rotatable bonds is 6. The molecule has 2 aromatic carbocycles. The highest BCUT2D eigenvalue weighted by Gasteiger charge is 2.11. The second-order valence-corrected chi connectivity index (χ2v) is 5.32. The third-order valence-corrected chi connectivity index (χ3v) is 3.29. The number of carbonyl (C=O) groups excluding carboxylic acids is 1. The van der Waals surface area contributed by atoms with E-state index in [4.69, 9.17) is 0 Å². The number of nitro benzene ring substituents is 1. The fourth-order valence-corrected chi connectivity index (χ4v) is 2.00. The zero-order valence-electron chi connectivity index (χ0n) is 13.4. The number of hydrogen-bond acceptors (Lipinski definition) is 5. The van der Waals surface area contributed by atoms with Gasteiger partial charge in [0.1, 0.15) is 6.04 Å². The standard InChI is InChI=1S/C17H18N4O3/c1-12-4-3-5-15(10-12)19-13(2)17(22)20-18-11-14-6-8-16(9-7-14)21(23)24/h3-11,13,19H,1-2H3,(H,20,22)/b18-11+. The van der Waals surface area contributed by atoms with Crippen LogP contribution in [0.4, 0.5) is 11.4 Å². The number of hydrogen-bond donors (Lipinski definition) is 2. The largest absolute Gasteiger partial charge is 0.374 e. The van der Waals surface area contributed by atoms with Crippen molar-refractivity contribution in [1.29, 1.82) is 0 Å². The van der Waals surface area contributed by atoms with Crippen LogP contribution in [-0.4, -0.2) is 23.1 Å². The second-order valence-electron chi connectivity index (χ2n) is 5.32. The topological polar surface area (TPSA) is 96.6 Å². The predicted molar refractivity (Wildman–Crippen MR) is 93.1 cm³/mol. The summed E-state index contributed by atoms with van der Waals surface area (Å²) in [4.78, 5) is 22.1. The van der Waals surface area contributed by atoms with Crippen molar-refractivity contribution in [3.63, 3.8) is 0 Å². The Balaban J connectivity index is 1.88. The van der Waals surface area contributed by atoms with E-state index < -0.39 is 11.0 Å². The average Bonchev–Trinajstić information content (AvgIpc) is 2.55. The van der Waals surface area contributed by atoms with Gasteiger partial charge in [0.15, 0.2) is 0 Å². The molecule has 2 rings (SSSR count). The van der Waals surface area contributed by atoms with Crippen LogP contribution >= 0.6 is 0 Å². The van der Waals surface area contributed by atoms with Crippen LogP contribution in [0.15, 0.2) is 53.6 Å². The number of hydrazone groups is 1. The summed E-state index contributed by atoms with van der Waals surface area (Å²) >= 11 is 0. The molecule has 2 N–H and O–H groups in total. The van der Waals surface area contributed by atoms with Crippen LogP contribution < -0.4 is 10.7 Å². The molecule has 24 heavy (non-hydrogen) atoms. The van der Waals surface area contributed by atoms with Crippen LogP contribution in [0.25, 0.3) is 0 Å². The van der Waals surface area contributed by atoms with E-state index in [1.807, 2.05) is 31.2 Å². The van der Waals surface area contributed by atoms with E-state index in [-0.39, 0.29) is 11.6 Å². The Morgan fingerprint density at radius 1 is 1.25 bits per heavy atom. The molecule has 0 heterocycles. The Labute approximate surface area is 139 Å². The summed E-state index contributed by atoms with van der Waals surface area (Å²) in [6, 6.07) is 13.1. The molecule has 0 fully saturated rings. The maximum absolute atomic E-state index is 12.0. The monoisotopic (exact) mass is 326 g/mol. The van der Waals surface area contributed by atoms with Crippen molar-refractivity contribution in [1.82, 2.24) is 5.43 Å². The Kier molecular flexibility index (Phi) is 5.62. The first-order chi connectivity index (χ1) is 11.5. The molecule has 7 nitrogen and oxygen atoms in total. The molecule has 2 aromatic rings. The van der Waals surface area contributed by atoms with Crippen LogP contribution in [0.3, 0.4) is 0 Å². The van der Waals surface area contributed by atoms with E-state index in [1.54, 1.807) is 19.1 Å². The third kappa shape index (κ3) is 4.91. The van der Waals surface area contributed by atoms with Gasteiger partial charge in [-0.15, -0.1) is 0 Å². The Hall–Kier alpha value is -3.22. The number of benzene rings is 2. The van der Waals surface area contributed by atoms with Gasteiger partial charge in [-0.1, -0.05) is 12.1 Å². The lowest BCUT2D eigenvalue weighted by atomic mass is 10.2. The molecule has 0 aliphatic heterocycles. The fourth-order valence-electron chi connectivity index (χ4n) is 2.00. The molecule has 0 radical (unpaired) electrons. The lowest BCUT2D eigenvalue weighted by Crippen LogP contribution is -2.34. The van der Waals surface area contributed by atoms with Gasteiger partial charge in [-0.05, 0) is 49.2 Å². The molecule has 124 valence electrons. The molecule has 0 aliphatic rings. The van der Waals surface area contributed by atoms with Gasteiger partial charge < -0.3 is 5.32 Å². The van der Waals surface area contributed by atoms with Gasteiger partial charge in [0.25, 0.3) is 11.6 Å². The quantitative estimate of drug-likeness (QED) is 0.484. The van der Waals surface area contributed by atoms with Gasteiger partial charge in [-0.2, -0.15) is 5.10 Å². The number of anilines is 1. The summed E-state index contributed by atoms with van der Waals surface area (Å²) in [7, 11) is 0. The number of nitro groups is 1. The van der Waals surface area contributed by atoms with Gasteiger partial charge in [0.05, 0.1) is 11.1 Å². The first-order valence-electron chi connectivity index (χ1n) is 7.36. The van der Waals surface area contributed by atoms with E-state index in [0.717, 1.165) is 11.3 Å². The predicted octanol–water partition coefficient (Wildman–Crippen LogP) is 2.85. The molecule has 0 spiro atoms. The molecular formula is C17H18N4O3. The molecule has 7 heteroatoms. The molecule has 1 atom stereocenters. The highest BCUT2D eigenvalue weighted by Crippen LogP contribution is 2.11. The molecular weight excluding hydrogens is 308 g/mol. The second kappa shape index (κ2) is 7.87. The van der Waals surface area contributed by atoms with Gasteiger partial charge in [-0.25, -0.2) is 5.43 Å². The third-order valence-electron chi connectivity index (χ3n) is 3.29. The smallest absolute Gasteiger partial charge is 0.269 e. The van der Waals surface area contributed by atoms with Crippen molar-refractivity contribution in [3.05, 3.63) is 69.8 Å². The summed E-state index contributed by atoms with van der Waals surface area (Å²) in [5.41, 5.74) is 5.06. The van der Waals surface area contributed by atoms with E-state index in [2.05, 4.69) is 15.8 Å². The molecule has 0 saturated heterocycles. The Morgan fingerprint density at radius 3 is 2.58 bits per heavy atom. The summed E-state index contributed by atoms with van der Waals surface area (Å²) in [6.07, 6.45) is 1.43. The lowest BCUT2D eigenvalue weighted by Gasteiger charge is -2.13.